The summed E-state index contributed by atoms with van der Waals surface area (Å²) in [7, 11) is 4.77. The fourth-order valence-corrected chi connectivity index (χ4v) is 3.55. The second-order valence-corrected chi connectivity index (χ2v) is 5.70. The molecular formula is C12H14N2OS2. The maximum atomic E-state index is 5.34. The fourth-order valence-electron chi connectivity index (χ4n) is 1.74. The van der Waals surface area contributed by atoms with Crippen LogP contribution in [0.4, 0.5) is 5.69 Å². The number of methoxy groups -OCH3 is 1. The Hall–Kier alpha value is -1.20. The maximum Gasteiger partial charge on any atom is 0.150 e. The van der Waals surface area contributed by atoms with Crippen LogP contribution in [0.25, 0.3) is 0 Å². The molecule has 2 aromatic rings. The van der Waals surface area contributed by atoms with Crippen molar-refractivity contribution >= 4 is 26.6 Å². The summed E-state index contributed by atoms with van der Waals surface area (Å²) in [4.78, 5) is 4.61. The quantitative estimate of drug-likeness (QED) is 0.781. The maximum absolute atomic E-state index is 5.34. The highest BCUT2D eigenvalue weighted by Gasteiger charge is 2.05. The van der Waals surface area contributed by atoms with E-state index in [0.29, 0.717) is 0 Å². The summed E-state index contributed by atoms with van der Waals surface area (Å²) in [6.07, 6.45) is 0. The lowest BCUT2D eigenvalue weighted by Crippen LogP contribution is -1.97. The molecule has 0 saturated heterocycles. The van der Waals surface area contributed by atoms with E-state index < -0.39 is 0 Å². The van der Waals surface area contributed by atoms with Gasteiger partial charge in [-0.15, -0.1) is 0 Å². The molecule has 0 N–H and O–H groups in total. The molecule has 0 radical (unpaired) electrons. The van der Waals surface area contributed by atoms with E-state index in [0.717, 1.165) is 32.9 Å². The Kier molecular flexibility index (Phi) is 3.59. The first-order valence-corrected chi connectivity index (χ1v) is 7.35. The molecule has 2 rings (SSSR count). The molecule has 0 aliphatic rings. The Balaban J connectivity index is 2.53. The molecule has 0 bridgehead atoms. The minimum absolute atomic E-state index is 0.938. The minimum Gasteiger partial charge on any atom is -0.496 e. The summed E-state index contributed by atoms with van der Waals surface area (Å²) in [6, 6.07) is 4.07. The summed E-state index contributed by atoms with van der Waals surface area (Å²) in [5.74, 6) is 0.938. The van der Waals surface area contributed by atoms with Gasteiger partial charge >= 0.3 is 0 Å². The van der Waals surface area contributed by atoms with Crippen molar-refractivity contribution in [1.29, 1.82) is 0 Å². The molecule has 17 heavy (non-hydrogen) atoms. The number of hydrogen-bond donors (Lipinski definition) is 0. The fraction of sp³-hybridized carbons (Fsp3) is 0.333. The first kappa shape index (κ1) is 12.3. The van der Waals surface area contributed by atoms with Gasteiger partial charge in [-0.1, -0.05) is 0 Å². The number of nitrogens with zero attached hydrogens (tertiary/aromatic N) is 2. The van der Waals surface area contributed by atoms with Gasteiger partial charge in [-0.2, -0.15) is 4.37 Å². The van der Waals surface area contributed by atoms with E-state index in [4.69, 9.17) is 4.74 Å². The monoisotopic (exact) mass is 266 g/mol. The molecule has 5 heteroatoms. The average Bonchev–Trinajstić information content (AvgIpc) is 2.64. The molecule has 90 valence electrons. The lowest BCUT2D eigenvalue weighted by Gasteiger charge is -2.08. The van der Waals surface area contributed by atoms with Crippen molar-refractivity contribution in [2.45, 2.75) is 20.8 Å². The minimum atomic E-state index is 0.938. The Bertz CT molecular complexity index is 576. The van der Waals surface area contributed by atoms with Crippen LogP contribution in [0.2, 0.25) is 0 Å². The molecule has 0 spiro atoms. The second-order valence-electron chi connectivity index (χ2n) is 3.86. The van der Waals surface area contributed by atoms with Crippen molar-refractivity contribution in [1.82, 2.24) is 4.37 Å². The van der Waals surface area contributed by atoms with Crippen molar-refractivity contribution in [2.75, 3.05) is 7.11 Å². The number of ether oxygens (including phenoxy) is 1. The smallest absolute Gasteiger partial charge is 0.150 e. The van der Waals surface area contributed by atoms with Gasteiger partial charge in [-0.3, -0.25) is 0 Å². The average molecular weight is 266 g/mol. The first-order valence-electron chi connectivity index (χ1n) is 5.24. The van der Waals surface area contributed by atoms with E-state index in [1.54, 1.807) is 17.5 Å². The van der Waals surface area contributed by atoms with Gasteiger partial charge in [-0.05, 0) is 54.4 Å². The van der Waals surface area contributed by atoms with E-state index in [-0.39, 0.29) is 0 Å². The number of rotatable bonds is 2. The number of aromatic nitrogens is 1. The van der Waals surface area contributed by atoms with Crippen LogP contribution in [0.15, 0.2) is 17.1 Å². The third kappa shape index (κ3) is 2.56. The number of benzene rings is 1. The second kappa shape index (κ2) is 4.98. The van der Waals surface area contributed by atoms with E-state index in [2.05, 4.69) is 9.37 Å². The number of aryl methyl sites for hydroxylation is 3. The number of hydrogen-bond acceptors (Lipinski definition) is 5. The highest BCUT2D eigenvalue weighted by atomic mass is 32.9. The van der Waals surface area contributed by atoms with Gasteiger partial charge in [0.15, 0.2) is 0 Å². The molecule has 1 aromatic carbocycles. The summed E-state index contributed by atoms with van der Waals surface area (Å²) in [6.45, 7) is 6.05. The largest absolute Gasteiger partial charge is 0.496 e. The highest BCUT2D eigenvalue weighted by molar-refractivity contribution is 7.66. The zero-order chi connectivity index (χ0) is 12.4. The van der Waals surface area contributed by atoms with E-state index in [1.165, 1.54) is 10.5 Å². The van der Waals surface area contributed by atoms with Crippen LogP contribution in [-0.2, 0) is 0 Å². The van der Waals surface area contributed by atoms with E-state index in [1.807, 2.05) is 32.9 Å². The Morgan fingerprint density at radius 1 is 1.18 bits per heavy atom. The lowest BCUT2D eigenvalue weighted by molar-refractivity contribution is 0.408. The standard InChI is InChI=1S/C12H14N2OS2/c1-7-5-10(6-8(2)11(7)15-4)13-12-9(3)14-17-16-12/h5-6H,1-4H3. The van der Waals surface area contributed by atoms with Crippen molar-refractivity contribution in [3.8, 4) is 5.75 Å². The normalized spacial score (nSPS) is 11.9. The summed E-state index contributed by atoms with van der Waals surface area (Å²) in [5.41, 5.74) is 4.17. The van der Waals surface area contributed by atoms with Crippen molar-refractivity contribution in [2.24, 2.45) is 4.99 Å². The Labute approximate surface area is 108 Å². The summed E-state index contributed by atoms with van der Waals surface area (Å²) in [5, 5.41) is 0. The van der Waals surface area contributed by atoms with Crippen molar-refractivity contribution < 1.29 is 4.74 Å². The highest BCUT2D eigenvalue weighted by Crippen LogP contribution is 2.28. The first-order chi connectivity index (χ1) is 8.11. The van der Waals surface area contributed by atoms with Gasteiger partial charge in [0.05, 0.1) is 18.5 Å². The molecule has 0 aliphatic carbocycles. The van der Waals surface area contributed by atoms with Crippen LogP contribution < -0.4 is 9.41 Å². The van der Waals surface area contributed by atoms with Gasteiger partial charge < -0.3 is 4.74 Å². The molecule has 3 nitrogen and oxygen atoms in total. The Morgan fingerprint density at radius 2 is 1.82 bits per heavy atom. The van der Waals surface area contributed by atoms with Gasteiger partial charge in [0.1, 0.15) is 10.4 Å². The van der Waals surface area contributed by atoms with E-state index >= 15 is 0 Å². The van der Waals surface area contributed by atoms with Crippen LogP contribution in [0.5, 0.6) is 5.75 Å². The van der Waals surface area contributed by atoms with Crippen LogP contribution in [0.1, 0.15) is 16.8 Å². The van der Waals surface area contributed by atoms with Gasteiger partial charge in [-0.25, -0.2) is 4.99 Å². The molecule has 1 heterocycles. The van der Waals surface area contributed by atoms with E-state index in [9.17, 15) is 0 Å². The summed E-state index contributed by atoms with van der Waals surface area (Å²) >= 11 is 0. The van der Waals surface area contributed by atoms with Gasteiger partial charge in [0, 0.05) is 10.5 Å². The van der Waals surface area contributed by atoms with Gasteiger partial charge in [0.25, 0.3) is 0 Å². The zero-order valence-electron chi connectivity index (χ0n) is 10.3. The van der Waals surface area contributed by atoms with Crippen molar-refractivity contribution in [3.63, 3.8) is 0 Å². The van der Waals surface area contributed by atoms with Crippen LogP contribution >= 0.6 is 20.9 Å². The van der Waals surface area contributed by atoms with Crippen LogP contribution in [0, 0.1) is 20.8 Å². The SMILES string of the molecule is COc1c(C)cc(N=c2ssnc2C)cc1C. The molecule has 0 fully saturated rings. The van der Waals surface area contributed by atoms with Crippen molar-refractivity contribution in [3.05, 3.63) is 33.6 Å². The van der Waals surface area contributed by atoms with Gasteiger partial charge in [0.2, 0.25) is 0 Å². The molecule has 0 amide bonds. The predicted octanol–water partition coefficient (Wildman–Crippen LogP) is 3.37. The predicted molar refractivity (Wildman–Crippen MR) is 72.4 cm³/mol. The summed E-state index contributed by atoms with van der Waals surface area (Å²) < 4.78 is 10.6. The molecule has 0 unspecified atom stereocenters. The lowest BCUT2D eigenvalue weighted by atomic mass is 10.1. The Morgan fingerprint density at radius 3 is 2.29 bits per heavy atom. The molecule has 1 aromatic heterocycles. The molecule has 0 atom stereocenters. The van der Waals surface area contributed by atoms with Crippen LogP contribution in [-0.4, -0.2) is 11.5 Å². The molecule has 0 saturated carbocycles. The zero-order valence-corrected chi connectivity index (χ0v) is 11.9. The third-order valence-corrected chi connectivity index (χ3v) is 4.37. The van der Waals surface area contributed by atoms with Crippen LogP contribution in [0.3, 0.4) is 0 Å². The topological polar surface area (TPSA) is 34.5 Å². The molecule has 0 aliphatic heterocycles. The molecular weight excluding hydrogens is 252 g/mol. The third-order valence-electron chi connectivity index (χ3n) is 2.48.